The van der Waals surface area contributed by atoms with E-state index in [4.69, 9.17) is 0 Å². The molecule has 1 aromatic heterocycles. The van der Waals surface area contributed by atoms with E-state index in [9.17, 15) is 22.0 Å². The predicted octanol–water partition coefficient (Wildman–Crippen LogP) is 8.77. The largest absolute Gasteiger partial charge is 0.573 e. The van der Waals surface area contributed by atoms with Crippen molar-refractivity contribution < 1.29 is 31.4 Å². The number of rotatable bonds is 16. The molecule has 0 atom stereocenters. The molecule has 7 nitrogen and oxygen atoms in total. The molecule has 42 heavy (non-hydrogen) atoms. The maximum atomic E-state index is 13.0. The van der Waals surface area contributed by atoms with Gasteiger partial charge in [-0.3, -0.25) is 0 Å². The maximum Gasteiger partial charge on any atom is 0.573 e. The first-order valence-electron chi connectivity index (χ1n) is 13.6. The molecule has 0 saturated heterocycles. The number of hydrogen-bond acceptors (Lipinski definition) is 7. The molecule has 0 amide bonds. The first-order chi connectivity index (χ1) is 20.0. The fourth-order valence-corrected chi connectivity index (χ4v) is 3.71. The Hall–Kier alpha value is -4.31. The summed E-state index contributed by atoms with van der Waals surface area (Å²) in [5.74, 6) is 1.08. The molecule has 0 bridgehead atoms. The van der Waals surface area contributed by atoms with Crippen molar-refractivity contribution in [2.24, 2.45) is 0 Å². The first kappa shape index (κ1) is 32.2. The van der Waals surface area contributed by atoms with Crippen molar-refractivity contribution in [3.8, 4) is 11.5 Å². The summed E-state index contributed by atoms with van der Waals surface area (Å²) >= 11 is 0. The Morgan fingerprint density at radius 3 is 2.07 bits per heavy atom. The van der Waals surface area contributed by atoms with E-state index in [0.29, 0.717) is 30.8 Å². The molecule has 3 aromatic rings. The van der Waals surface area contributed by atoms with Crippen LogP contribution in [-0.4, -0.2) is 35.5 Å². The molecule has 0 aliphatic heterocycles. The van der Waals surface area contributed by atoms with Gasteiger partial charge in [0.1, 0.15) is 23.1 Å². The number of anilines is 4. The highest BCUT2D eigenvalue weighted by atomic mass is 19.4. The lowest BCUT2D eigenvalue weighted by Gasteiger charge is -2.13. The zero-order valence-corrected chi connectivity index (χ0v) is 23.4. The Labute approximate surface area is 241 Å². The van der Waals surface area contributed by atoms with E-state index in [1.54, 1.807) is 30.4 Å². The smallest absolute Gasteiger partial charge is 0.433 e. The fourth-order valence-electron chi connectivity index (χ4n) is 3.71. The van der Waals surface area contributed by atoms with Crippen molar-refractivity contribution in [2.45, 2.75) is 58.4 Å². The molecule has 1 heterocycles. The summed E-state index contributed by atoms with van der Waals surface area (Å²) in [6.07, 6.45) is 1.03. The molecule has 0 saturated carbocycles. The number of nitrogens with zero attached hydrogens (tertiary/aromatic N) is 2. The van der Waals surface area contributed by atoms with E-state index in [2.05, 4.69) is 48.0 Å². The molecule has 0 aliphatic carbocycles. The average molecular weight is 592 g/mol. The second-order valence-electron chi connectivity index (χ2n) is 9.38. The van der Waals surface area contributed by atoms with Crippen LogP contribution in [0.15, 0.2) is 66.4 Å². The third-order valence-electron chi connectivity index (χ3n) is 5.59. The fraction of sp³-hybridized carbons (Fsp3) is 0.367. The summed E-state index contributed by atoms with van der Waals surface area (Å²) in [6.45, 7) is 3.94. The Morgan fingerprint density at radius 1 is 0.810 bits per heavy atom. The van der Waals surface area contributed by atoms with Crippen LogP contribution in [0.25, 0.3) is 6.08 Å². The van der Waals surface area contributed by atoms with E-state index in [1.807, 2.05) is 0 Å². The van der Waals surface area contributed by atoms with Crippen LogP contribution in [0.5, 0.6) is 11.5 Å². The van der Waals surface area contributed by atoms with Gasteiger partial charge in [0.2, 0.25) is 5.95 Å². The van der Waals surface area contributed by atoms with Gasteiger partial charge in [-0.2, -0.15) is 18.7 Å². The zero-order chi connectivity index (χ0) is 30.4. The van der Waals surface area contributed by atoms with Gasteiger partial charge in [0, 0.05) is 31.8 Å². The molecule has 3 N–H and O–H groups in total. The van der Waals surface area contributed by atoms with E-state index in [-0.39, 0.29) is 17.4 Å². The van der Waals surface area contributed by atoms with Crippen LogP contribution in [0.2, 0.25) is 0 Å². The van der Waals surface area contributed by atoms with Gasteiger partial charge in [-0.15, -0.1) is 18.9 Å². The van der Waals surface area contributed by atoms with Crippen molar-refractivity contribution in [1.29, 1.82) is 0 Å². The molecule has 0 aliphatic rings. The van der Waals surface area contributed by atoms with E-state index < -0.39 is 12.5 Å². The summed E-state index contributed by atoms with van der Waals surface area (Å²) in [4.78, 5) is 8.94. The summed E-state index contributed by atoms with van der Waals surface area (Å²) < 4.78 is 71.7. The van der Waals surface area contributed by atoms with Crippen LogP contribution in [0, 0.1) is 0 Å². The molecule has 0 unspecified atom stereocenters. The van der Waals surface area contributed by atoms with Gasteiger partial charge in [-0.25, -0.2) is 0 Å². The lowest BCUT2D eigenvalue weighted by molar-refractivity contribution is -0.274. The molecule has 3 rings (SSSR count). The minimum absolute atomic E-state index is 0.0643. The first-order valence-corrected chi connectivity index (χ1v) is 13.6. The standard InChI is InChI=1S/C30H34F5N5O2/c1-3-4-5-6-8-19-36-26-21-27(37-20-9-7-10-22-11-15-24(16-12-22)41-29(2,31)32)40-28(39-26)38-23-13-17-25(18-14-23)42-30(33,34)35/h9-18,21H,3-6,8,19-20H2,1-2H3,(H3,36,37,38,39,40). The van der Waals surface area contributed by atoms with E-state index in [0.717, 1.165) is 31.4 Å². The van der Waals surface area contributed by atoms with Gasteiger partial charge in [0.25, 0.3) is 0 Å². The third kappa shape index (κ3) is 12.9. The van der Waals surface area contributed by atoms with Gasteiger partial charge in [-0.1, -0.05) is 44.7 Å². The van der Waals surface area contributed by atoms with Crippen molar-refractivity contribution in [1.82, 2.24) is 9.97 Å². The van der Waals surface area contributed by atoms with E-state index in [1.165, 1.54) is 49.2 Å². The minimum Gasteiger partial charge on any atom is -0.433 e. The Bertz CT molecular complexity index is 1300. The molecular weight excluding hydrogens is 557 g/mol. The number of unbranched alkanes of at least 4 members (excludes halogenated alkanes) is 4. The molecule has 0 spiro atoms. The second kappa shape index (κ2) is 15.6. The van der Waals surface area contributed by atoms with Crippen molar-refractivity contribution in [3.63, 3.8) is 0 Å². The SMILES string of the molecule is CCCCCCCNc1cc(NCC=C=Cc2ccc(OC(C)(F)F)cc2)nc(Nc2ccc(OC(F)(F)F)cc2)n1. The maximum absolute atomic E-state index is 13.0. The Kier molecular flexibility index (Phi) is 12.0. The Morgan fingerprint density at radius 2 is 1.43 bits per heavy atom. The molecule has 12 heteroatoms. The second-order valence-corrected chi connectivity index (χ2v) is 9.38. The number of alkyl halides is 5. The topological polar surface area (TPSA) is 80.3 Å². The van der Waals surface area contributed by atoms with Gasteiger partial charge in [0.15, 0.2) is 0 Å². The third-order valence-corrected chi connectivity index (χ3v) is 5.59. The van der Waals surface area contributed by atoms with Crippen LogP contribution in [0.3, 0.4) is 0 Å². The van der Waals surface area contributed by atoms with Gasteiger partial charge in [-0.05, 0) is 60.5 Å². The highest BCUT2D eigenvalue weighted by Gasteiger charge is 2.31. The van der Waals surface area contributed by atoms with Gasteiger partial charge >= 0.3 is 12.5 Å². The normalized spacial score (nSPS) is 11.3. The quantitative estimate of drug-likeness (QED) is 0.0873. The van der Waals surface area contributed by atoms with Crippen LogP contribution >= 0.6 is 0 Å². The number of halogens is 5. The van der Waals surface area contributed by atoms with Crippen LogP contribution in [0.4, 0.5) is 45.2 Å². The number of benzene rings is 2. The summed E-state index contributed by atoms with van der Waals surface area (Å²) in [5, 5.41) is 9.47. The van der Waals surface area contributed by atoms with Crippen LogP contribution in [-0.2, 0) is 0 Å². The van der Waals surface area contributed by atoms with Crippen molar-refractivity contribution in [2.75, 3.05) is 29.0 Å². The molecule has 0 fully saturated rings. The summed E-state index contributed by atoms with van der Waals surface area (Å²) in [5.41, 5.74) is 4.25. The number of hydrogen-bond donors (Lipinski definition) is 3. The van der Waals surface area contributed by atoms with Crippen molar-refractivity contribution in [3.05, 3.63) is 72.0 Å². The molecular formula is C30H34F5N5O2. The van der Waals surface area contributed by atoms with Crippen LogP contribution in [0.1, 0.15) is 51.5 Å². The lowest BCUT2D eigenvalue weighted by atomic mass is 10.1. The monoisotopic (exact) mass is 591 g/mol. The average Bonchev–Trinajstić information content (AvgIpc) is 2.91. The highest BCUT2D eigenvalue weighted by Crippen LogP contribution is 2.26. The minimum atomic E-state index is -4.77. The number of ether oxygens (including phenoxy) is 2. The van der Waals surface area contributed by atoms with E-state index >= 15 is 0 Å². The summed E-state index contributed by atoms with van der Waals surface area (Å²) in [6, 6.07) is 13.2. The predicted molar refractivity (Wildman–Crippen MR) is 154 cm³/mol. The molecule has 2 aromatic carbocycles. The lowest BCUT2D eigenvalue weighted by Crippen LogP contribution is -2.18. The van der Waals surface area contributed by atoms with Crippen molar-refractivity contribution >= 4 is 29.3 Å². The van der Waals surface area contributed by atoms with Crippen LogP contribution < -0.4 is 25.4 Å². The van der Waals surface area contributed by atoms with Gasteiger partial charge in [0.05, 0.1) is 0 Å². The molecule has 0 radical (unpaired) electrons. The summed E-state index contributed by atoms with van der Waals surface area (Å²) in [7, 11) is 0. The highest BCUT2D eigenvalue weighted by molar-refractivity contribution is 5.59. The Balaban J connectivity index is 1.64. The number of aromatic nitrogens is 2. The number of nitrogens with one attached hydrogen (secondary N) is 3. The molecule has 226 valence electrons. The zero-order valence-electron chi connectivity index (χ0n) is 23.4. The van der Waals surface area contributed by atoms with Gasteiger partial charge < -0.3 is 25.4 Å².